The molecule has 0 aliphatic heterocycles. The lowest BCUT2D eigenvalue weighted by atomic mass is 10.3. The maximum Gasteiger partial charge on any atom is 0.119 e. The maximum absolute atomic E-state index is 5.66. The van der Waals surface area contributed by atoms with Gasteiger partial charge in [-0.25, -0.2) is 0 Å². The van der Waals surface area contributed by atoms with Crippen LogP contribution in [0.3, 0.4) is 0 Å². The second-order valence-corrected chi connectivity index (χ2v) is 4.56. The van der Waals surface area contributed by atoms with Crippen LogP contribution in [0.25, 0.3) is 0 Å². The van der Waals surface area contributed by atoms with Gasteiger partial charge in [0.15, 0.2) is 0 Å². The van der Waals surface area contributed by atoms with Crippen molar-refractivity contribution in [1.82, 2.24) is 10.2 Å². The first-order chi connectivity index (χ1) is 9.33. The van der Waals surface area contributed by atoms with Crippen molar-refractivity contribution in [2.45, 2.75) is 6.42 Å². The Morgan fingerprint density at radius 3 is 2.58 bits per heavy atom. The SMILES string of the molecule is COCCNCCN(C)CCCOc1ccccc1. The summed E-state index contributed by atoms with van der Waals surface area (Å²) in [6, 6.07) is 9.96. The minimum atomic E-state index is 0.769. The van der Waals surface area contributed by atoms with E-state index >= 15 is 0 Å². The molecule has 0 saturated heterocycles. The second-order valence-electron chi connectivity index (χ2n) is 4.56. The maximum atomic E-state index is 5.66. The molecule has 0 unspecified atom stereocenters. The number of nitrogens with zero attached hydrogens (tertiary/aromatic N) is 1. The Labute approximate surface area is 116 Å². The molecule has 0 heterocycles. The fourth-order valence-electron chi connectivity index (χ4n) is 1.72. The van der Waals surface area contributed by atoms with Crippen LogP contribution in [0.5, 0.6) is 5.75 Å². The molecule has 19 heavy (non-hydrogen) atoms. The van der Waals surface area contributed by atoms with Gasteiger partial charge in [0.2, 0.25) is 0 Å². The van der Waals surface area contributed by atoms with Crippen molar-refractivity contribution in [2.24, 2.45) is 0 Å². The summed E-state index contributed by atoms with van der Waals surface area (Å²) >= 11 is 0. The average molecular weight is 266 g/mol. The molecular weight excluding hydrogens is 240 g/mol. The highest BCUT2D eigenvalue weighted by Crippen LogP contribution is 2.08. The zero-order valence-electron chi connectivity index (χ0n) is 12.1. The molecule has 0 aliphatic carbocycles. The monoisotopic (exact) mass is 266 g/mol. The molecule has 108 valence electrons. The van der Waals surface area contributed by atoms with Gasteiger partial charge in [0.05, 0.1) is 13.2 Å². The molecular formula is C15H26N2O2. The van der Waals surface area contributed by atoms with Gasteiger partial charge in [-0.2, -0.15) is 0 Å². The van der Waals surface area contributed by atoms with Gasteiger partial charge in [-0.05, 0) is 25.6 Å². The van der Waals surface area contributed by atoms with E-state index in [4.69, 9.17) is 9.47 Å². The molecule has 0 radical (unpaired) electrons. The van der Waals surface area contributed by atoms with E-state index in [1.54, 1.807) is 7.11 Å². The van der Waals surface area contributed by atoms with E-state index < -0.39 is 0 Å². The molecule has 1 N–H and O–H groups in total. The Bertz CT molecular complexity index is 306. The normalized spacial score (nSPS) is 10.9. The van der Waals surface area contributed by atoms with Crippen molar-refractivity contribution < 1.29 is 9.47 Å². The third kappa shape index (κ3) is 8.59. The molecule has 0 amide bonds. The summed E-state index contributed by atoms with van der Waals surface area (Å²) in [7, 11) is 3.86. The zero-order chi connectivity index (χ0) is 13.8. The van der Waals surface area contributed by atoms with Crippen molar-refractivity contribution in [3.63, 3.8) is 0 Å². The smallest absolute Gasteiger partial charge is 0.119 e. The standard InChI is InChI=1S/C15H26N2O2/c1-17(12-9-16-10-14-18-2)11-6-13-19-15-7-4-3-5-8-15/h3-5,7-8,16H,6,9-14H2,1-2H3. The van der Waals surface area contributed by atoms with Gasteiger partial charge in [-0.1, -0.05) is 18.2 Å². The summed E-state index contributed by atoms with van der Waals surface area (Å²) in [6.07, 6.45) is 1.05. The number of likely N-dealkylation sites (N-methyl/N-ethyl adjacent to an activating group) is 1. The van der Waals surface area contributed by atoms with Crippen LogP contribution in [0.15, 0.2) is 30.3 Å². The third-order valence-electron chi connectivity index (χ3n) is 2.85. The van der Waals surface area contributed by atoms with Crippen LogP contribution < -0.4 is 10.1 Å². The number of benzene rings is 1. The number of methoxy groups -OCH3 is 1. The molecule has 0 spiro atoms. The molecule has 0 saturated carbocycles. The fourth-order valence-corrected chi connectivity index (χ4v) is 1.72. The van der Waals surface area contributed by atoms with Crippen molar-refractivity contribution in [1.29, 1.82) is 0 Å². The van der Waals surface area contributed by atoms with Crippen LogP contribution in [0.2, 0.25) is 0 Å². The van der Waals surface area contributed by atoms with Crippen LogP contribution in [0.4, 0.5) is 0 Å². The van der Waals surface area contributed by atoms with E-state index in [1.807, 2.05) is 30.3 Å². The Balaban J connectivity index is 1.94. The Kier molecular flexibility index (Phi) is 9.06. The fraction of sp³-hybridized carbons (Fsp3) is 0.600. The molecule has 1 aromatic rings. The summed E-state index contributed by atoms with van der Waals surface area (Å²) in [5, 5.41) is 3.34. The predicted molar refractivity (Wildman–Crippen MR) is 78.8 cm³/mol. The number of hydrogen-bond donors (Lipinski definition) is 1. The lowest BCUT2D eigenvalue weighted by molar-refractivity contribution is 0.197. The zero-order valence-corrected chi connectivity index (χ0v) is 12.1. The first-order valence-corrected chi connectivity index (χ1v) is 6.89. The number of rotatable bonds is 11. The van der Waals surface area contributed by atoms with Gasteiger partial charge in [-0.15, -0.1) is 0 Å². The van der Waals surface area contributed by atoms with Gasteiger partial charge in [0.1, 0.15) is 5.75 Å². The molecule has 4 nitrogen and oxygen atoms in total. The van der Waals surface area contributed by atoms with Crippen molar-refractivity contribution in [3.05, 3.63) is 30.3 Å². The van der Waals surface area contributed by atoms with Crippen molar-refractivity contribution >= 4 is 0 Å². The van der Waals surface area contributed by atoms with Crippen LogP contribution >= 0.6 is 0 Å². The quantitative estimate of drug-likeness (QED) is 0.617. The molecule has 0 bridgehead atoms. The van der Waals surface area contributed by atoms with Crippen LogP contribution in [0.1, 0.15) is 6.42 Å². The van der Waals surface area contributed by atoms with Crippen LogP contribution in [0, 0.1) is 0 Å². The van der Waals surface area contributed by atoms with Crippen molar-refractivity contribution in [2.75, 3.05) is 53.6 Å². The summed E-state index contributed by atoms with van der Waals surface area (Å²) < 4.78 is 10.6. The summed E-state index contributed by atoms with van der Waals surface area (Å²) in [5.41, 5.74) is 0. The van der Waals surface area contributed by atoms with E-state index in [-0.39, 0.29) is 0 Å². The first kappa shape index (κ1) is 16.0. The van der Waals surface area contributed by atoms with Crippen LogP contribution in [-0.4, -0.2) is 58.5 Å². The average Bonchev–Trinajstić information content (AvgIpc) is 2.44. The number of nitrogens with one attached hydrogen (secondary N) is 1. The highest BCUT2D eigenvalue weighted by molar-refractivity contribution is 5.20. The third-order valence-corrected chi connectivity index (χ3v) is 2.85. The summed E-state index contributed by atoms with van der Waals surface area (Å²) in [5.74, 6) is 0.950. The topological polar surface area (TPSA) is 33.7 Å². The number of hydrogen-bond acceptors (Lipinski definition) is 4. The van der Waals surface area contributed by atoms with E-state index in [1.165, 1.54) is 0 Å². The minimum Gasteiger partial charge on any atom is -0.494 e. The minimum absolute atomic E-state index is 0.769. The van der Waals surface area contributed by atoms with E-state index in [0.717, 1.165) is 51.6 Å². The number of ether oxygens (including phenoxy) is 2. The van der Waals surface area contributed by atoms with Gasteiger partial charge >= 0.3 is 0 Å². The molecule has 0 aliphatic rings. The first-order valence-electron chi connectivity index (χ1n) is 6.89. The lowest BCUT2D eigenvalue weighted by Crippen LogP contribution is -2.31. The summed E-state index contributed by atoms with van der Waals surface area (Å²) in [6.45, 7) is 5.56. The Hall–Kier alpha value is -1.10. The van der Waals surface area contributed by atoms with Gasteiger partial charge < -0.3 is 19.7 Å². The highest BCUT2D eigenvalue weighted by Gasteiger charge is 1.98. The van der Waals surface area contributed by atoms with E-state index in [9.17, 15) is 0 Å². The van der Waals surface area contributed by atoms with E-state index in [2.05, 4.69) is 17.3 Å². The summed E-state index contributed by atoms with van der Waals surface area (Å²) in [4.78, 5) is 2.31. The van der Waals surface area contributed by atoms with E-state index in [0.29, 0.717) is 0 Å². The number of para-hydroxylation sites is 1. The second kappa shape index (κ2) is 10.8. The lowest BCUT2D eigenvalue weighted by Gasteiger charge is -2.17. The largest absolute Gasteiger partial charge is 0.494 e. The predicted octanol–water partition coefficient (Wildman–Crippen LogP) is 1.62. The molecule has 4 heteroatoms. The van der Waals surface area contributed by atoms with Gasteiger partial charge in [-0.3, -0.25) is 0 Å². The van der Waals surface area contributed by atoms with Gasteiger partial charge in [0.25, 0.3) is 0 Å². The van der Waals surface area contributed by atoms with Gasteiger partial charge in [0, 0.05) is 33.3 Å². The molecule has 0 atom stereocenters. The Morgan fingerprint density at radius 2 is 1.84 bits per heavy atom. The molecule has 1 rings (SSSR count). The van der Waals surface area contributed by atoms with Crippen molar-refractivity contribution in [3.8, 4) is 5.75 Å². The molecule has 1 aromatic carbocycles. The van der Waals surface area contributed by atoms with Crippen LogP contribution in [-0.2, 0) is 4.74 Å². The molecule has 0 fully saturated rings. The Morgan fingerprint density at radius 1 is 1.05 bits per heavy atom. The highest BCUT2D eigenvalue weighted by atomic mass is 16.5. The molecule has 0 aromatic heterocycles.